The van der Waals surface area contributed by atoms with E-state index in [1.165, 1.54) is 0 Å². The average Bonchev–Trinajstić information content (AvgIpc) is 3.36. The van der Waals surface area contributed by atoms with Gasteiger partial charge in [-0.1, -0.05) is 66.7 Å². The topological polar surface area (TPSA) is 67.4 Å². The van der Waals surface area contributed by atoms with Gasteiger partial charge in [-0.15, -0.1) is 0 Å². The van der Waals surface area contributed by atoms with Crippen molar-refractivity contribution in [1.82, 2.24) is 5.32 Å². The lowest BCUT2D eigenvalue weighted by Gasteiger charge is -2.19. The van der Waals surface area contributed by atoms with Crippen molar-refractivity contribution in [3.05, 3.63) is 102 Å². The van der Waals surface area contributed by atoms with Crippen molar-refractivity contribution in [3.8, 4) is 0 Å². The molecule has 158 valence electrons. The number of ether oxygens (including phenoxy) is 1. The van der Waals surface area contributed by atoms with Gasteiger partial charge in [0.15, 0.2) is 0 Å². The van der Waals surface area contributed by atoms with Gasteiger partial charge in [-0.25, -0.2) is 0 Å². The molecule has 0 saturated carbocycles. The van der Waals surface area contributed by atoms with Gasteiger partial charge in [0.05, 0.1) is 0 Å². The van der Waals surface area contributed by atoms with Gasteiger partial charge in [0, 0.05) is 30.3 Å². The number of hydrogen-bond donors (Lipinski definition) is 2. The van der Waals surface area contributed by atoms with E-state index in [0.29, 0.717) is 24.4 Å². The maximum Gasteiger partial charge on any atom is 0.253 e. The maximum absolute atomic E-state index is 12.9. The second-order valence-electron chi connectivity index (χ2n) is 7.66. The van der Waals surface area contributed by atoms with Crippen molar-refractivity contribution in [1.29, 1.82) is 0 Å². The Kier molecular flexibility index (Phi) is 6.75. The number of amides is 2. The van der Waals surface area contributed by atoms with Crippen LogP contribution < -0.4 is 10.6 Å². The van der Waals surface area contributed by atoms with E-state index in [1.54, 1.807) is 24.3 Å². The minimum atomic E-state index is -0.407. The molecule has 1 aliphatic heterocycles. The first-order chi connectivity index (χ1) is 15.2. The molecule has 0 aliphatic carbocycles. The van der Waals surface area contributed by atoms with Crippen LogP contribution in [0.4, 0.5) is 5.69 Å². The molecule has 3 aromatic carbocycles. The van der Waals surface area contributed by atoms with Crippen molar-refractivity contribution in [2.45, 2.75) is 24.9 Å². The van der Waals surface area contributed by atoms with Gasteiger partial charge in [-0.3, -0.25) is 9.59 Å². The van der Waals surface area contributed by atoms with E-state index in [4.69, 9.17) is 4.74 Å². The van der Waals surface area contributed by atoms with E-state index in [-0.39, 0.29) is 17.7 Å². The van der Waals surface area contributed by atoms with Gasteiger partial charge < -0.3 is 15.4 Å². The highest BCUT2D eigenvalue weighted by Gasteiger charge is 2.23. The number of benzene rings is 3. The second kappa shape index (κ2) is 10.0. The fraction of sp³-hybridized carbons (Fsp3) is 0.231. The second-order valence-corrected chi connectivity index (χ2v) is 7.66. The Balaban J connectivity index is 1.44. The predicted molar refractivity (Wildman–Crippen MR) is 121 cm³/mol. The first-order valence-corrected chi connectivity index (χ1v) is 10.6. The summed E-state index contributed by atoms with van der Waals surface area (Å²) in [4.78, 5) is 25.1. The van der Waals surface area contributed by atoms with Crippen LogP contribution in [0.5, 0.6) is 0 Å². The van der Waals surface area contributed by atoms with Crippen LogP contribution in [-0.4, -0.2) is 31.1 Å². The predicted octanol–water partition coefficient (Wildman–Crippen LogP) is 4.37. The Bertz CT molecular complexity index is 976. The fourth-order valence-corrected chi connectivity index (χ4v) is 3.84. The van der Waals surface area contributed by atoms with Gasteiger partial charge >= 0.3 is 0 Å². The van der Waals surface area contributed by atoms with Crippen LogP contribution in [0.1, 0.15) is 40.2 Å². The number of carbonyl (C=O) groups excluding carboxylic acids is 2. The van der Waals surface area contributed by atoms with E-state index in [9.17, 15) is 9.59 Å². The summed E-state index contributed by atoms with van der Waals surface area (Å²) in [6.07, 6.45) is 1.21. The van der Waals surface area contributed by atoms with Gasteiger partial charge in [0.2, 0.25) is 0 Å². The van der Waals surface area contributed by atoms with Crippen molar-refractivity contribution in [2.75, 3.05) is 18.5 Å². The highest BCUT2D eigenvalue weighted by Crippen LogP contribution is 2.24. The first kappa shape index (κ1) is 20.8. The molecule has 1 saturated heterocycles. The summed E-state index contributed by atoms with van der Waals surface area (Å²) in [6.45, 7) is 1.09. The summed E-state index contributed by atoms with van der Waals surface area (Å²) >= 11 is 0. The molecule has 0 spiro atoms. The molecule has 5 heteroatoms. The SMILES string of the molecule is O=C(NCC(c1ccccc1)c1ccccc1)c1cccc(NC(=O)C2CCCO2)c1. The lowest BCUT2D eigenvalue weighted by Crippen LogP contribution is -2.29. The molecule has 5 nitrogen and oxygen atoms in total. The molecular weight excluding hydrogens is 388 g/mol. The van der Waals surface area contributed by atoms with Crippen LogP contribution in [0.3, 0.4) is 0 Å². The lowest BCUT2D eigenvalue weighted by molar-refractivity contribution is -0.124. The van der Waals surface area contributed by atoms with Crippen LogP contribution >= 0.6 is 0 Å². The zero-order chi connectivity index (χ0) is 21.5. The summed E-state index contributed by atoms with van der Waals surface area (Å²) in [5.41, 5.74) is 3.39. The molecule has 0 bridgehead atoms. The zero-order valence-electron chi connectivity index (χ0n) is 17.3. The normalized spacial score (nSPS) is 15.6. The highest BCUT2D eigenvalue weighted by molar-refractivity contribution is 5.98. The number of nitrogens with one attached hydrogen (secondary N) is 2. The third-order valence-electron chi connectivity index (χ3n) is 5.49. The lowest BCUT2D eigenvalue weighted by atomic mass is 9.91. The molecule has 2 N–H and O–H groups in total. The third kappa shape index (κ3) is 5.38. The third-order valence-corrected chi connectivity index (χ3v) is 5.49. The molecule has 1 fully saturated rings. The molecule has 3 aromatic rings. The Labute approximate surface area is 182 Å². The summed E-state index contributed by atoms with van der Waals surface area (Å²) in [5.74, 6) is -0.290. The Morgan fingerprint density at radius 2 is 1.58 bits per heavy atom. The van der Waals surface area contributed by atoms with Gasteiger partial charge in [-0.2, -0.15) is 0 Å². The molecule has 1 atom stereocenters. The van der Waals surface area contributed by atoms with Gasteiger partial charge in [0.25, 0.3) is 11.8 Å². The number of hydrogen-bond acceptors (Lipinski definition) is 3. The smallest absolute Gasteiger partial charge is 0.253 e. The van der Waals surface area contributed by atoms with E-state index < -0.39 is 6.10 Å². The maximum atomic E-state index is 12.9. The molecule has 31 heavy (non-hydrogen) atoms. The average molecular weight is 415 g/mol. The summed E-state index contributed by atoms with van der Waals surface area (Å²) in [6, 6.07) is 27.3. The summed E-state index contributed by atoms with van der Waals surface area (Å²) < 4.78 is 5.42. The Morgan fingerprint density at radius 3 is 2.19 bits per heavy atom. The van der Waals surface area contributed by atoms with Crippen molar-refractivity contribution < 1.29 is 14.3 Å². The number of rotatable bonds is 7. The zero-order valence-corrected chi connectivity index (χ0v) is 17.3. The van der Waals surface area contributed by atoms with E-state index >= 15 is 0 Å². The molecule has 2 amide bonds. The monoisotopic (exact) mass is 414 g/mol. The van der Waals surface area contributed by atoms with Crippen LogP contribution in [0.2, 0.25) is 0 Å². The van der Waals surface area contributed by atoms with Crippen molar-refractivity contribution >= 4 is 17.5 Å². The molecule has 1 unspecified atom stereocenters. The first-order valence-electron chi connectivity index (χ1n) is 10.6. The summed E-state index contributed by atoms with van der Waals surface area (Å²) in [7, 11) is 0. The Morgan fingerprint density at radius 1 is 0.903 bits per heavy atom. The largest absolute Gasteiger partial charge is 0.368 e. The van der Waals surface area contributed by atoms with Crippen LogP contribution in [0.25, 0.3) is 0 Å². The molecular formula is C26H26N2O3. The molecule has 0 radical (unpaired) electrons. The minimum absolute atomic E-state index is 0.0498. The fourth-order valence-electron chi connectivity index (χ4n) is 3.84. The molecule has 1 aliphatic rings. The van der Waals surface area contributed by atoms with E-state index in [0.717, 1.165) is 24.0 Å². The van der Waals surface area contributed by atoms with Gasteiger partial charge in [0.1, 0.15) is 6.10 Å². The quantitative estimate of drug-likeness (QED) is 0.603. The van der Waals surface area contributed by atoms with Gasteiger partial charge in [-0.05, 0) is 42.2 Å². The van der Waals surface area contributed by atoms with E-state index in [2.05, 4.69) is 34.9 Å². The van der Waals surface area contributed by atoms with Crippen molar-refractivity contribution in [3.63, 3.8) is 0 Å². The molecule has 1 heterocycles. The number of anilines is 1. The van der Waals surface area contributed by atoms with Crippen LogP contribution in [-0.2, 0) is 9.53 Å². The standard InChI is InChI=1S/C26H26N2O3/c29-25(21-13-7-14-22(17-21)28-26(30)24-15-8-16-31-24)27-18-23(19-9-3-1-4-10-19)20-11-5-2-6-12-20/h1-7,9-14,17,23-24H,8,15-16,18H2,(H,27,29)(H,28,30). The Hall–Kier alpha value is -3.44. The highest BCUT2D eigenvalue weighted by atomic mass is 16.5. The number of carbonyl (C=O) groups is 2. The van der Waals surface area contributed by atoms with Crippen LogP contribution in [0, 0.1) is 0 Å². The van der Waals surface area contributed by atoms with Crippen LogP contribution in [0.15, 0.2) is 84.9 Å². The summed E-state index contributed by atoms with van der Waals surface area (Å²) in [5, 5.41) is 5.91. The van der Waals surface area contributed by atoms with E-state index in [1.807, 2.05) is 36.4 Å². The van der Waals surface area contributed by atoms with Crippen molar-refractivity contribution in [2.24, 2.45) is 0 Å². The molecule has 4 rings (SSSR count). The minimum Gasteiger partial charge on any atom is -0.368 e. The molecule has 0 aromatic heterocycles.